The Hall–Kier alpha value is -2.40. The van der Waals surface area contributed by atoms with E-state index in [1.807, 2.05) is 11.6 Å². The van der Waals surface area contributed by atoms with E-state index in [4.69, 9.17) is 0 Å². The number of alkyl halides is 3. The second-order valence-electron chi connectivity index (χ2n) is 7.24. The molecule has 1 aromatic carbocycles. The van der Waals surface area contributed by atoms with Crippen molar-refractivity contribution in [3.05, 3.63) is 48.0 Å². The second-order valence-corrected chi connectivity index (χ2v) is 9.18. The summed E-state index contributed by atoms with van der Waals surface area (Å²) in [5.74, 6) is -0.474. The lowest BCUT2D eigenvalue weighted by molar-refractivity contribution is -0.137. The van der Waals surface area contributed by atoms with Crippen molar-refractivity contribution in [1.29, 1.82) is 0 Å². The van der Waals surface area contributed by atoms with Gasteiger partial charge in [-0.1, -0.05) is 6.07 Å². The molecule has 0 unspecified atom stereocenters. The molecule has 0 atom stereocenters. The van der Waals surface area contributed by atoms with E-state index in [1.54, 1.807) is 12.5 Å². The number of nitrogens with zero attached hydrogens (tertiary/aromatic N) is 3. The van der Waals surface area contributed by atoms with Crippen LogP contribution in [0.15, 0.2) is 41.7 Å². The molecule has 0 aliphatic carbocycles. The van der Waals surface area contributed by atoms with Crippen molar-refractivity contribution in [2.45, 2.75) is 30.3 Å². The van der Waals surface area contributed by atoms with Crippen molar-refractivity contribution in [2.24, 2.45) is 13.0 Å². The van der Waals surface area contributed by atoms with Gasteiger partial charge in [-0.15, -0.1) is 0 Å². The van der Waals surface area contributed by atoms with Crippen molar-refractivity contribution in [3.8, 4) is 0 Å². The molecule has 0 spiro atoms. The summed E-state index contributed by atoms with van der Waals surface area (Å²) in [4.78, 5) is 16.0. The van der Waals surface area contributed by atoms with E-state index in [0.29, 0.717) is 31.9 Å². The Morgan fingerprint density at radius 1 is 1.27 bits per heavy atom. The molecule has 1 N–H and O–H groups in total. The number of rotatable bonds is 6. The molecule has 3 rings (SSSR count). The van der Waals surface area contributed by atoms with Crippen molar-refractivity contribution >= 4 is 15.9 Å². The summed E-state index contributed by atoms with van der Waals surface area (Å²) < 4.78 is 67.1. The van der Waals surface area contributed by atoms with Crippen LogP contribution in [-0.4, -0.2) is 47.8 Å². The molecule has 1 saturated heterocycles. The highest BCUT2D eigenvalue weighted by Gasteiger charge is 2.35. The number of sulfonamides is 1. The molecule has 1 amide bonds. The van der Waals surface area contributed by atoms with Crippen LogP contribution < -0.4 is 5.32 Å². The highest BCUT2D eigenvalue weighted by Crippen LogP contribution is 2.32. The first kappa shape index (κ1) is 22.3. The van der Waals surface area contributed by atoms with Crippen LogP contribution in [0.25, 0.3) is 0 Å². The zero-order valence-corrected chi connectivity index (χ0v) is 17.2. The number of hydrogen-bond acceptors (Lipinski definition) is 4. The maximum atomic E-state index is 12.9. The first-order chi connectivity index (χ1) is 14.1. The van der Waals surface area contributed by atoms with Gasteiger partial charge >= 0.3 is 6.18 Å². The third-order valence-corrected chi connectivity index (χ3v) is 7.12. The second kappa shape index (κ2) is 8.76. The fourth-order valence-corrected chi connectivity index (χ4v) is 4.94. The summed E-state index contributed by atoms with van der Waals surface area (Å²) in [5.41, 5.74) is -0.0245. The first-order valence-corrected chi connectivity index (χ1v) is 10.9. The molecule has 1 aromatic heterocycles. The van der Waals surface area contributed by atoms with Crippen LogP contribution in [0, 0.1) is 5.92 Å². The third kappa shape index (κ3) is 5.01. The summed E-state index contributed by atoms with van der Waals surface area (Å²) in [6.07, 6.45) is 0.0452. The number of aryl methyl sites for hydroxylation is 1. The lowest BCUT2D eigenvalue weighted by Gasteiger charge is -2.30. The minimum atomic E-state index is -4.62. The minimum Gasteiger partial charge on any atom is -0.355 e. The number of hydrogen-bond donors (Lipinski definition) is 1. The Kier molecular flexibility index (Phi) is 6.51. The third-order valence-electron chi connectivity index (χ3n) is 5.22. The lowest BCUT2D eigenvalue weighted by Crippen LogP contribution is -2.43. The first-order valence-electron chi connectivity index (χ1n) is 9.49. The average molecular weight is 444 g/mol. The van der Waals surface area contributed by atoms with Gasteiger partial charge < -0.3 is 9.88 Å². The van der Waals surface area contributed by atoms with Gasteiger partial charge in [0.15, 0.2) is 0 Å². The maximum absolute atomic E-state index is 12.9. The van der Waals surface area contributed by atoms with Gasteiger partial charge in [-0.25, -0.2) is 13.4 Å². The van der Waals surface area contributed by atoms with Crippen LogP contribution in [0.3, 0.4) is 0 Å². The molecule has 30 heavy (non-hydrogen) atoms. The quantitative estimate of drug-likeness (QED) is 0.741. The molecule has 0 bridgehead atoms. The molecule has 2 heterocycles. The molecule has 0 saturated carbocycles. The van der Waals surface area contributed by atoms with Gasteiger partial charge in [0.05, 0.1) is 16.8 Å². The molecule has 0 radical (unpaired) electrons. The van der Waals surface area contributed by atoms with Gasteiger partial charge in [-0.3, -0.25) is 4.79 Å². The van der Waals surface area contributed by atoms with Gasteiger partial charge in [0.25, 0.3) is 0 Å². The molecule has 1 fully saturated rings. The Labute approximate surface area is 172 Å². The predicted molar refractivity (Wildman–Crippen MR) is 103 cm³/mol. The summed E-state index contributed by atoms with van der Waals surface area (Å²) in [6, 6.07) is 3.72. The maximum Gasteiger partial charge on any atom is 0.416 e. The van der Waals surface area contributed by atoms with E-state index in [-0.39, 0.29) is 24.9 Å². The van der Waals surface area contributed by atoms with Gasteiger partial charge in [-0.05, 0) is 31.0 Å². The van der Waals surface area contributed by atoms with Crippen LogP contribution in [0.4, 0.5) is 13.2 Å². The fraction of sp³-hybridized carbons (Fsp3) is 0.474. The number of piperidine rings is 1. The summed E-state index contributed by atoms with van der Waals surface area (Å²) >= 11 is 0. The van der Waals surface area contributed by atoms with E-state index in [1.165, 1.54) is 0 Å². The Balaban J connectivity index is 1.55. The average Bonchev–Trinajstić information content (AvgIpc) is 3.12. The van der Waals surface area contributed by atoms with Crippen LogP contribution in [0.1, 0.15) is 24.1 Å². The number of carbonyl (C=O) groups is 1. The van der Waals surface area contributed by atoms with Crippen LogP contribution in [0.5, 0.6) is 0 Å². The summed E-state index contributed by atoms with van der Waals surface area (Å²) in [7, 11) is -2.19. The highest BCUT2D eigenvalue weighted by molar-refractivity contribution is 7.89. The van der Waals surface area contributed by atoms with Crippen molar-refractivity contribution in [3.63, 3.8) is 0 Å². The van der Waals surface area contributed by atoms with Crippen LogP contribution in [-0.2, 0) is 34.5 Å². The van der Waals surface area contributed by atoms with E-state index in [2.05, 4.69) is 10.3 Å². The summed E-state index contributed by atoms with van der Waals surface area (Å²) in [6.45, 7) is 0.609. The number of amides is 1. The number of imidazole rings is 1. The number of benzene rings is 1. The molecule has 2 aromatic rings. The lowest BCUT2D eigenvalue weighted by atomic mass is 9.97. The zero-order chi connectivity index (χ0) is 21.9. The highest BCUT2D eigenvalue weighted by atomic mass is 32.2. The molecule has 164 valence electrons. The fourth-order valence-electron chi connectivity index (χ4n) is 3.42. The SMILES string of the molecule is Cn1cncc1CCNC(=O)C1CCN(S(=O)(=O)c2cccc(C(F)(F)F)c2)CC1. The predicted octanol–water partition coefficient (Wildman–Crippen LogP) is 2.20. The Morgan fingerprint density at radius 3 is 2.57 bits per heavy atom. The monoisotopic (exact) mass is 444 g/mol. The largest absolute Gasteiger partial charge is 0.416 e. The number of nitrogens with one attached hydrogen (secondary N) is 1. The molecule has 7 nitrogen and oxygen atoms in total. The Morgan fingerprint density at radius 2 is 1.97 bits per heavy atom. The topological polar surface area (TPSA) is 84.3 Å². The minimum absolute atomic E-state index is 0.0817. The van der Waals surface area contributed by atoms with Crippen molar-refractivity contribution < 1.29 is 26.4 Å². The molecule has 1 aliphatic rings. The smallest absolute Gasteiger partial charge is 0.355 e. The van der Waals surface area contributed by atoms with Crippen LogP contribution in [0.2, 0.25) is 0 Å². The van der Waals surface area contributed by atoms with Gasteiger partial charge in [0, 0.05) is 50.9 Å². The van der Waals surface area contributed by atoms with E-state index in [9.17, 15) is 26.4 Å². The molecular weight excluding hydrogens is 421 g/mol. The normalized spacial score (nSPS) is 16.5. The summed E-state index contributed by atoms with van der Waals surface area (Å²) in [5, 5.41) is 2.85. The molecular formula is C19H23F3N4O3S. The van der Waals surface area contributed by atoms with Gasteiger partial charge in [0.1, 0.15) is 0 Å². The van der Waals surface area contributed by atoms with E-state index < -0.39 is 26.7 Å². The Bertz CT molecular complexity index is 996. The molecule has 1 aliphatic heterocycles. The number of halogens is 3. The van der Waals surface area contributed by atoms with E-state index in [0.717, 1.165) is 28.2 Å². The molecule has 11 heteroatoms. The van der Waals surface area contributed by atoms with Crippen molar-refractivity contribution in [2.75, 3.05) is 19.6 Å². The van der Waals surface area contributed by atoms with E-state index >= 15 is 0 Å². The standard InChI is InChI=1S/C19H23F3N4O3S/c1-25-13-23-12-16(25)5-8-24-18(27)14-6-9-26(10-7-14)30(28,29)17-4-2-3-15(11-17)19(20,21)22/h2-4,11-14H,5-10H2,1H3,(H,24,27). The van der Waals surface area contributed by atoms with Gasteiger partial charge in [-0.2, -0.15) is 17.5 Å². The number of carbonyl (C=O) groups excluding carboxylic acids is 1. The number of aromatic nitrogens is 2. The van der Waals surface area contributed by atoms with Crippen LogP contribution >= 0.6 is 0 Å². The van der Waals surface area contributed by atoms with Gasteiger partial charge in [0.2, 0.25) is 15.9 Å². The zero-order valence-electron chi connectivity index (χ0n) is 16.4. The van der Waals surface area contributed by atoms with Crippen molar-refractivity contribution in [1.82, 2.24) is 19.2 Å².